The van der Waals surface area contributed by atoms with Gasteiger partial charge in [-0.25, -0.2) is 9.80 Å². The van der Waals surface area contributed by atoms with Gasteiger partial charge in [0.25, 0.3) is 11.7 Å². The summed E-state index contributed by atoms with van der Waals surface area (Å²) < 4.78 is 0. The fraction of sp³-hybridized carbons (Fsp3) is 0.250. The molecule has 2 aliphatic rings. The quantitative estimate of drug-likeness (QED) is 0.488. The van der Waals surface area contributed by atoms with E-state index in [-0.39, 0.29) is 0 Å². The minimum absolute atomic E-state index is 0.712. The zero-order valence-electron chi connectivity index (χ0n) is 18.5. The highest BCUT2D eigenvalue weighted by Crippen LogP contribution is 2.23. The first-order valence-corrected chi connectivity index (χ1v) is 10.6. The SMILES string of the molecule is CN1C=C[N+]=C1CCN(CCC1=[N+]C=CN1C)c1ccc(N=Nc2ccc(N)cc2)cc1. The number of amidine groups is 2. The highest BCUT2D eigenvalue weighted by molar-refractivity contribution is 5.85. The Morgan fingerprint density at radius 1 is 0.750 bits per heavy atom. The summed E-state index contributed by atoms with van der Waals surface area (Å²) in [4.78, 5) is 15.4. The minimum Gasteiger partial charge on any atom is -0.399 e. The lowest BCUT2D eigenvalue weighted by molar-refractivity contribution is 0.656. The van der Waals surface area contributed by atoms with Gasteiger partial charge in [0.2, 0.25) is 0 Å². The number of hydrogen-bond acceptors (Lipinski definition) is 8. The topological polar surface area (TPSA) is 88.7 Å². The molecule has 0 aliphatic carbocycles. The van der Waals surface area contributed by atoms with Gasteiger partial charge in [-0.05, 0) is 48.5 Å². The molecule has 2 aromatic carbocycles. The second-order valence-electron chi connectivity index (χ2n) is 7.70. The molecular formula is C24H28N8+2. The van der Waals surface area contributed by atoms with Gasteiger partial charge in [-0.1, -0.05) is 9.98 Å². The van der Waals surface area contributed by atoms with Crippen LogP contribution in [0.1, 0.15) is 12.8 Å². The Kier molecular flexibility index (Phi) is 6.60. The number of nitrogens with zero attached hydrogens (tertiary/aromatic N) is 7. The Hall–Kier alpha value is -3.94. The fourth-order valence-corrected chi connectivity index (χ4v) is 3.50. The molecule has 0 spiro atoms. The maximum absolute atomic E-state index is 5.72. The van der Waals surface area contributed by atoms with E-state index in [4.69, 9.17) is 5.73 Å². The molecule has 0 aromatic heterocycles. The Bertz CT molecular complexity index is 1030. The molecule has 0 fully saturated rings. The summed E-state index contributed by atoms with van der Waals surface area (Å²) in [5.41, 5.74) is 9.15. The summed E-state index contributed by atoms with van der Waals surface area (Å²) in [7, 11) is 4.06. The zero-order chi connectivity index (χ0) is 22.3. The normalized spacial score (nSPS) is 15.1. The van der Waals surface area contributed by atoms with Crippen molar-refractivity contribution in [3.63, 3.8) is 0 Å². The molecule has 32 heavy (non-hydrogen) atoms. The third-order valence-corrected chi connectivity index (χ3v) is 5.44. The van der Waals surface area contributed by atoms with Crippen LogP contribution >= 0.6 is 0 Å². The lowest BCUT2D eigenvalue weighted by Crippen LogP contribution is -2.33. The number of azo groups is 1. The molecule has 162 valence electrons. The summed E-state index contributed by atoms with van der Waals surface area (Å²) in [6.45, 7) is 1.73. The Morgan fingerprint density at radius 2 is 1.22 bits per heavy atom. The lowest BCUT2D eigenvalue weighted by atomic mass is 10.2. The third-order valence-electron chi connectivity index (χ3n) is 5.44. The Labute approximate surface area is 188 Å². The van der Waals surface area contributed by atoms with Gasteiger partial charge < -0.3 is 10.6 Å². The van der Waals surface area contributed by atoms with Crippen LogP contribution < -0.4 is 20.6 Å². The molecule has 0 unspecified atom stereocenters. The van der Waals surface area contributed by atoms with Gasteiger partial charge >= 0.3 is 0 Å². The number of nitrogen functional groups attached to an aromatic ring is 1. The first kappa shape index (κ1) is 21.3. The van der Waals surface area contributed by atoms with Crippen LogP contribution in [0.3, 0.4) is 0 Å². The molecule has 2 heterocycles. The van der Waals surface area contributed by atoms with Crippen LogP contribution in [-0.2, 0) is 0 Å². The molecule has 2 radical (unpaired) electrons. The molecule has 0 atom stereocenters. The summed E-state index contributed by atoms with van der Waals surface area (Å²) in [5, 5.41) is 8.63. The molecule has 8 nitrogen and oxygen atoms in total. The van der Waals surface area contributed by atoms with E-state index in [9.17, 15) is 0 Å². The number of benzene rings is 2. The summed E-state index contributed by atoms with van der Waals surface area (Å²) in [5.74, 6) is 2.14. The van der Waals surface area contributed by atoms with Crippen molar-refractivity contribution >= 4 is 34.4 Å². The second kappa shape index (κ2) is 9.91. The molecule has 0 amide bonds. The zero-order valence-corrected chi connectivity index (χ0v) is 18.5. The van der Waals surface area contributed by atoms with Crippen molar-refractivity contribution in [3.8, 4) is 0 Å². The van der Waals surface area contributed by atoms with Crippen molar-refractivity contribution in [1.29, 1.82) is 0 Å². The van der Waals surface area contributed by atoms with Crippen molar-refractivity contribution in [2.75, 3.05) is 37.8 Å². The Balaban J connectivity index is 1.43. The number of aliphatic imine (C=N–C) groups is 2. The van der Waals surface area contributed by atoms with Crippen molar-refractivity contribution in [2.24, 2.45) is 10.2 Å². The van der Waals surface area contributed by atoms with Gasteiger partial charge in [0, 0.05) is 24.5 Å². The standard InChI is InChI=1S/C24H28N8/c1-30-17-13-26-23(30)11-15-32(16-12-24-27-14-18-31(24)2)22-9-7-21(8-10-22)29-28-20-5-3-19(25)4-6-20/h3-10,13-14,17-18H,11-12,15-16,25H2,1-2H3/q+2. The van der Waals surface area contributed by atoms with E-state index in [0.717, 1.165) is 54.7 Å². The van der Waals surface area contributed by atoms with Crippen LogP contribution in [0.4, 0.5) is 22.7 Å². The van der Waals surface area contributed by atoms with Gasteiger partial charge in [-0.3, -0.25) is 0 Å². The van der Waals surface area contributed by atoms with Gasteiger partial charge in [0.15, 0.2) is 12.4 Å². The van der Waals surface area contributed by atoms with Crippen LogP contribution in [0.5, 0.6) is 0 Å². The maximum Gasteiger partial charge on any atom is 0.300 e. The molecule has 0 saturated carbocycles. The van der Waals surface area contributed by atoms with Crippen molar-refractivity contribution < 1.29 is 0 Å². The molecule has 2 N–H and O–H groups in total. The van der Waals surface area contributed by atoms with Gasteiger partial charge in [-0.2, -0.15) is 10.2 Å². The predicted octanol–water partition coefficient (Wildman–Crippen LogP) is 3.57. The molecule has 2 aliphatic heterocycles. The summed E-state index contributed by atoms with van der Waals surface area (Å²) >= 11 is 0. The van der Waals surface area contributed by atoms with Gasteiger partial charge in [-0.15, -0.1) is 0 Å². The van der Waals surface area contributed by atoms with E-state index in [2.05, 4.69) is 47.0 Å². The number of anilines is 2. The van der Waals surface area contributed by atoms with E-state index in [1.165, 1.54) is 0 Å². The largest absolute Gasteiger partial charge is 0.399 e. The number of nitrogens with two attached hydrogens (primary N) is 1. The van der Waals surface area contributed by atoms with E-state index in [1.54, 1.807) is 0 Å². The molecule has 0 saturated heterocycles. The molecule has 2 aromatic rings. The third kappa shape index (κ3) is 5.40. The molecule has 0 bridgehead atoms. The summed E-state index contributed by atoms with van der Waals surface area (Å²) in [6, 6.07) is 15.5. The maximum atomic E-state index is 5.72. The molecular weight excluding hydrogens is 400 g/mol. The van der Waals surface area contributed by atoms with Crippen LogP contribution in [-0.4, -0.2) is 48.7 Å². The fourth-order valence-electron chi connectivity index (χ4n) is 3.50. The number of rotatable bonds is 9. The van der Waals surface area contributed by atoms with Crippen molar-refractivity contribution in [2.45, 2.75) is 12.8 Å². The number of hydrogen-bond donors (Lipinski definition) is 1. The smallest absolute Gasteiger partial charge is 0.300 e. The van der Waals surface area contributed by atoms with Crippen LogP contribution in [0, 0.1) is 0 Å². The summed E-state index contributed by atoms with van der Waals surface area (Å²) in [6.07, 6.45) is 9.37. The van der Waals surface area contributed by atoms with Gasteiger partial charge in [0.05, 0.1) is 38.3 Å². The first-order chi connectivity index (χ1) is 15.6. The average molecular weight is 429 g/mol. The van der Waals surface area contributed by atoms with E-state index >= 15 is 0 Å². The highest BCUT2D eigenvalue weighted by atomic mass is 15.2. The molecule has 4 rings (SSSR count). The van der Waals surface area contributed by atoms with Crippen molar-refractivity contribution in [3.05, 3.63) is 73.3 Å². The highest BCUT2D eigenvalue weighted by Gasteiger charge is 2.23. The van der Waals surface area contributed by atoms with Crippen LogP contribution in [0.2, 0.25) is 0 Å². The first-order valence-electron chi connectivity index (χ1n) is 10.6. The van der Waals surface area contributed by atoms with Gasteiger partial charge in [0.1, 0.15) is 12.4 Å². The Morgan fingerprint density at radius 3 is 1.66 bits per heavy atom. The molecule has 8 heteroatoms. The van der Waals surface area contributed by atoms with E-state index in [0.29, 0.717) is 5.69 Å². The van der Waals surface area contributed by atoms with E-state index in [1.807, 2.05) is 75.3 Å². The predicted molar refractivity (Wildman–Crippen MR) is 131 cm³/mol. The van der Waals surface area contributed by atoms with Crippen LogP contribution in [0.25, 0.3) is 0 Å². The lowest BCUT2D eigenvalue weighted by Gasteiger charge is -2.24. The van der Waals surface area contributed by atoms with Crippen molar-refractivity contribution in [1.82, 2.24) is 19.8 Å². The monoisotopic (exact) mass is 428 g/mol. The van der Waals surface area contributed by atoms with Crippen LogP contribution in [0.15, 0.2) is 83.6 Å². The van der Waals surface area contributed by atoms with E-state index < -0.39 is 0 Å². The second-order valence-corrected chi connectivity index (χ2v) is 7.70. The minimum atomic E-state index is 0.712. The average Bonchev–Trinajstić information content (AvgIpc) is 3.41.